The summed E-state index contributed by atoms with van der Waals surface area (Å²) in [6.45, 7) is 4.34. The number of hydrogen-bond acceptors (Lipinski definition) is 10. The highest BCUT2D eigenvalue weighted by Crippen LogP contribution is 2.41. The second-order valence-electron chi connectivity index (χ2n) is 9.73. The van der Waals surface area contributed by atoms with Gasteiger partial charge in [-0.3, -0.25) is 0 Å². The molecule has 0 fully saturated rings. The standard InChI is InChI=1S/C31H21N4PS6/c1-3-17-5-11-23(38-17)19-7-9-21(31-29(19)33-42-35-31)25-13-15-27(40-25)36-26-14-12-24(39-26)20-8-6-18(22-10-4-16(2)37-22)28-30(20)34-41-32-28/h4-15,36H,3H2,1-2H3. The van der Waals surface area contributed by atoms with Gasteiger partial charge in [-0.2, -0.15) is 17.5 Å². The van der Waals surface area contributed by atoms with Gasteiger partial charge >= 0.3 is 0 Å². The molecule has 0 bridgehead atoms. The number of hydrogen-bond donors (Lipinski definition) is 0. The van der Waals surface area contributed by atoms with Crippen LogP contribution in [0.2, 0.25) is 0 Å². The maximum atomic E-state index is 4.72. The van der Waals surface area contributed by atoms with Gasteiger partial charge in [-0.05, 0) is 70.5 Å². The van der Waals surface area contributed by atoms with Crippen molar-refractivity contribution in [3.05, 3.63) is 82.6 Å². The van der Waals surface area contributed by atoms with Crippen molar-refractivity contribution >= 4 is 109 Å². The van der Waals surface area contributed by atoms with Crippen LogP contribution in [-0.2, 0) is 6.42 Å². The Morgan fingerprint density at radius 2 is 0.929 bits per heavy atom. The molecule has 1 unspecified atom stereocenters. The summed E-state index contributed by atoms with van der Waals surface area (Å²) in [5, 5.41) is 0. The van der Waals surface area contributed by atoms with Crippen LogP contribution in [0.5, 0.6) is 0 Å². The molecule has 0 amide bonds. The van der Waals surface area contributed by atoms with Gasteiger partial charge in [0.1, 0.15) is 22.1 Å². The first-order chi connectivity index (χ1) is 20.6. The summed E-state index contributed by atoms with van der Waals surface area (Å²) in [7, 11) is 0.606. The lowest BCUT2D eigenvalue weighted by molar-refractivity contribution is 1.19. The Balaban J connectivity index is 1.07. The van der Waals surface area contributed by atoms with E-state index in [0.29, 0.717) is 8.58 Å². The van der Waals surface area contributed by atoms with Crippen LogP contribution in [0.15, 0.2) is 72.8 Å². The highest BCUT2D eigenvalue weighted by molar-refractivity contribution is 7.69. The number of fused-ring (bicyclic) bond motifs is 2. The fraction of sp³-hybridized carbons (Fsp3) is 0.0968. The fourth-order valence-electron chi connectivity index (χ4n) is 5.04. The summed E-state index contributed by atoms with van der Waals surface area (Å²) in [4.78, 5) is 7.69. The zero-order chi connectivity index (χ0) is 28.2. The highest BCUT2D eigenvalue weighted by atomic mass is 32.1. The number of rotatable bonds is 7. The van der Waals surface area contributed by atoms with Gasteiger partial charge in [-0.1, -0.05) is 31.2 Å². The number of benzene rings is 2. The average Bonchev–Trinajstić information content (AvgIpc) is 3.85. The summed E-state index contributed by atoms with van der Waals surface area (Å²) in [5.74, 6) is 0. The SMILES string of the molecule is CCc1ccc(-c2ccc(-c3ccc(Pc4ccc(-c5ccc(-c6ccc(C)s6)c6nsnc56)s4)s3)c3nsnc23)s1. The molecule has 6 aromatic heterocycles. The van der Waals surface area contributed by atoms with Crippen LogP contribution in [0.3, 0.4) is 0 Å². The van der Waals surface area contributed by atoms with E-state index in [4.69, 9.17) is 13.1 Å². The molecular formula is C31H21N4PS6. The monoisotopic (exact) mass is 672 g/mol. The zero-order valence-electron chi connectivity index (χ0n) is 22.4. The Morgan fingerprint density at radius 3 is 1.36 bits per heavy atom. The van der Waals surface area contributed by atoms with Crippen molar-refractivity contribution in [3.63, 3.8) is 0 Å². The van der Waals surface area contributed by atoms with Crippen molar-refractivity contribution in [2.45, 2.75) is 20.3 Å². The third kappa shape index (κ3) is 4.79. The third-order valence-corrected chi connectivity index (χ3v) is 14.4. The molecule has 11 heteroatoms. The zero-order valence-corrected chi connectivity index (χ0v) is 28.3. The predicted octanol–water partition coefficient (Wildman–Crippen LogP) is 10.1. The van der Waals surface area contributed by atoms with E-state index in [0.717, 1.165) is 28.5 Å². The summed E-state index contributed by atoms with van der Waals surface area (Å²) in [5.41, 5.74) is 8.69. The maximum absolute atomic E-state index is 4.72. The molecule has 42 heavy (non-hydrogen) atoms. The molecule has 8 rings (SSSR count). The first-order valence-electron chi connectivity index (χ1n) is 13.3. The predicted molar refractivity (Wildman–Crippen MR) is 190 cm³/mol. The molecular weight excluding hydrogens is 652 g/mol. The maximum Gasteiger partial charge on any atom is 0.114 e. The van der Waals surface area contributed by atoms with Crippen LogP contribution >= 0.6 is 77.4 Å². The molecule has 0 aliphatic rings. The van der Waals surface area contributed by atoms with E-state index in [2.05, 4.69) is 91.0 Å². The van der Waals surface area contributed by atoms with Gasteiger partial charge in [0.25, 0.3) is 0 Å². The van der Waals surface area contributed by atoms with Crippen LogP contribution in [0.1, 0.15) is 16.7 Å². The smallest absolute Gasteiger partial charge is 0.114 e. The van der Waals surface area contributed by atoms with Gasteiger partial charge in [-0.15, -0.1) is 45.3 Å². The topological polar surface area (TPSA) is 51.6 Å². The second kappa shape index (κ2) is 11.1. The van der Waals surface area contributed by atoms with Crippen molar-refractivity contribution in [2.24, 2.45) is 0 Å². The van der Waals surface area contributed by atoms with Crippen LogP contribution in [0, 0.1) is 6.92 Å². The minimum absolute atomic E-state index is 0.606. The van der Waals surface area contributed by atoms with Crippen molar-refractivity contribution in [1.29, 1.82) is 0 Å². The lowest BCUT2D eigenvalue weighted by atomic mass is 10.1. The van der Waals surface area contributed by atoms with Crippen LogP contribution in [0.4, 0.5) is 0 Å². The van der Waals surface area contributed by atoms with Gasteiger partial charge in [0.2, 0.25) is 0 Å². The minimum Gasteiger partial charge on any atom is -0.172 e. The fourth-order valence-corrected chi connectivity index (χ4v) is 12.1. The number of aromatic nitrogens is 4. The summed E-state index contributed by atoms with van der Waals surface area (Å²) < 4.78 is 21.5. The number of nitrogens with zero attached hydrogens (tertiary/aromatic N) is 4. The Hall–Kier alpha value is -2.69. The molecule has 0 saturated carbocycles. The van der Waals surface area contributed by atoms with E-state index in [1.165, 1.54) is 84.2 Å². The van der Waals surface area contributed by atoms with Crippen LogP contribution in [0.25, 0.3) is 63.8 Å². The quantitative estimate of drug-likeness (QED) is 0.158. The van der Waals surface area contributed by atoms with Gasteiger partial charge < -0.3 is 0 Å². The molecule has 0 aliphatic carbocycles. The van der Waals surface area contributed by atoms with E-state index in [-0.39, 0.29) is 0 Å². The van der Waals surface area contributed by atoms with Crippen LogP contribution in [-0.4, -0.2) is 17.5 Å². The van der Waals surface area contributed by atoms with Crippen molar-refractivity contribution < 1.29 is 0 Å². The molecule has 8 aromatic rings. The summed E-state index contributed by atoms with van der Waals surface area (Å²) in [6.07, 6.45) is 1.06. The van der Waals surface area contributed by atoms with Crippen molar-refractivity contribution in [2.75, 3.05) is 0 Å². The van der Waals surface area contributed by atoms with Gasteiger partial charge in [0, 0.05) is 60.8 Å². The van der Waals surface area contributed by atoms with E-state index >= 15 is 0 Å². The lowest BCUT2D eigenvalue weighted by Crippen LogP contribution is -1.92. The molecule has 0 N–H and O–H groups in total. The number of aryl methyl sites for hydroxylation is 2. The van der Waals surface area contributed by atoms with Crippen molar-refractivity contribution in [3.8, 4) is 41.8 Å². The number of thiophene rings is 4. The normalized spacial score (nSPS) is 12.0. The van der Waals surface area contributed by atoms with Gasteiger partial charge in [-0.25, -0.2) is 0 Å². The minimum atomic E-state index is 0.606. The van der Waals surface area contributed by atoms with Gasteiger partial charge in [0.15, 0.2) is 0 Å². The Bertz CT molecular complexity index is 2210. The molecule has 0 aliphatic heterocycles. The lowest BCUT2D eigenvalue weighted by Gasteiger charge is -2.04. The van der Waals surface area contributed by atoms with E-state index in [9.17, 15) is 0 Å². The molecule has 0 saturated heterocycles. The Labute approximate surface area is 268 Å². The average molecular weight is 673 g/mol. The van der Waals surface area contributed by atoms with Crippen LogP contribution < -0.4 is 9.24 Å². The van der Waals surface area contributed by atoms with E-state index in [1.54, 1.807) is 11.3 Å². The molecule has 2 aromatic carbocycles. The van der Waals surface area contributed by atoms with Gasteiger partial charge in [0.05, 0.1) is 23.5 Å². The second-order valence-corrected chi connectivity index (χ2v) is 17.5. The first kappa shape index (κ1) is 26.9. The van der Waals surface area contributed by atoms with E-state index < -0.39 is 0 Å². The molecule has 0 spiro atoms. The van der Waals surface area contributed by atoms with Crippen molar-refractivity contribution in [1.82, 2.24) is 17.5 Å². The molecule has 0 radical (unpaired) electrons. The first-order valence-corrected chi connectivity index (χ1v) is 19.0. The Morgan fingerprint density at radius 1 is 0.500 bits per heavy atom. The molecule has 206 valence electrons. The molecule has 4 nitrogen and oxygen atoms in total. The third-order valence-electron chi connectivity index (χ3n) is 7.10. The Kier molecular flexibility index (Phi) is 7.11. The van der Waals surface area contributed by atoms with E-state index in [1.807, 2.05) is 34.0 Å². The highest BCUT2D eigenvalue weighted by Gasteiger charge is 2.18. The summed E-state index contributed by atoms with van der Waals surface area (Å²) >= 11 is 9.96. The molecule has 1 atom stereocenters. The largest absolute Gasteiger partial charge is 0.172 e. The molecule has 6 heterocycles. The summed E-state index contributed by atoms with van der Waals surface area (Å²) in [6, 6.07) is 26.7.